The van der Waals surface area contributed by atoms with Crippen molar-refractivity contribution in [1.29, 1.82) is 5.26 Å². The van der Waals surface area contributed by atoms with Crippen molar-refractivity contribution >= 4 is 0 Å². The molecule has 0 amide bonds. The average molecular weight is 380 g/mol. The van der Waals surface area contributed by atoms with Gasteiger partial charge in [0.15, 0.2) is 0 Å². The van der Waals surface area contributed by atoms with Crippen LogP contribution in [0.2, 0.25) is 0 Å². The fourth-order valence-electron chi connectivity index (χ4n) is 4.45. The van der Waals surface area contributed by atoms with Gasteiger partial charge in [0.05, 0.1) is 11.6 Å². The molecule has 1 aliphatic carbocycles. The van der Waals surface area contributed by atoms with E-state index in [0.29, 0.717) is 5.56 Å². The van der Waals surface area contributed by atoms with E-state index < -0.39 is 0 Å². The summed E-state index contributed by atoms with van der Waals surface area (Å²) in [5.41, 5.74) is 10.4. The van der Waals surface area contributed by atoms with Crippen LogP contribution in [0.15, 0.2) is 60.7 Å². The molecule has 0 atom stereocenters. The van der Waals surface area contributed by atoms with Crippen molar-refractivity contribution < 1.29 is 0 Å². The number of hydrogen-bond donors (Lipinski definition) is 0. The SMILES string of the molecule is CCCCCCCc1ccc2c(c1)CCc1cc(-c3ccc(C#N)cc3)ccc1-2. The molecule has 0 saturated carbocycles. The van der Waals surface area contributed by atoms with E-state index in [0.717, 1.165) is 12.8 Å². The van der Waals surface area contributed by atoms with Gasteiger partial charge in [0.25, 0.3) is 0 Å². The molecule has 0 spiro atoms. The third-order valence-electron chi connectivity index (χ3n) is 6.15. The van der Waals surface area contributed by atoms with Gasteiger partial charge in [-0.15, -0.1) is 0 Å². The fourth-order valence-corrected chi connectivity index (χ4v) is 4.45. The van der Waals surface area contributed by atoms with Crippen LogP contribution in [0.3, 0.4) is 0 Å². The van der Waals surface area contributed by atoms with E-state index in [2.05, 4.69) is 49.4 Å². The Morgan fingerprint density at radius 3 is 2.10 bits per heavy atom. The highest BCUT2D eigenvalue weighted by Crippen LogP contribution is 2.36. The molecule has 0 fully saturated rings. The molecular formula is C28H29N. The predicted molar refractivity (Wildman–Crippen MR) is 122 cm³/mol. The van der Waals surface area contributed by atoms with Crippen LogP contribution in [0.5, 0.6) is 0 Å². The normalized spacial score (nSPS) is 12.1. The summed E-state index contributed by atoms with van der Waals surface area (Å²) < 4.78 is 0. The van der Waals surface area contributed by atoms with Gasteiger partial charge >= 0.3 is 0 Å². The fraction of sp³-hybridized carbons (Fsp3) is 0.321. The number of hydrogen-bond acceptors (Lipinski definition) is 1. The summed E-state index contributed by atoms with van der Waals surface area (Å²) >= 11 is 0. The maximum Gasteiger partial charge on any atom is 0.0991 e. The number of nitrogens with zero attached hydrogens (tertiary/aromatic N) is 1. The van der Waals surface area contributed by atoms with Gasteiger partial charge in [-0.05, 0) is 76.8 Å². The molecular weight excluding hydrogens is 350 g/mol. The van der Waals surface area contributed by atoms with Gasteiger partial charge in [-0.3, -0.25) is 0 Å². The second kappa shape index (κ2) is 9.10. The molecule has 0 heterocycles. The first kappa shape index (κ1) is 19.5. The zero-order valence-electron chi connectivity index (χ0n) is 17.4. The predicted octanol–water partition coefficient (Wildman–Crippen LogP) is 7.50. The van der Waals surface area contributed by atoms with E-state index >= 15 is 0 Å². The monoisotopic (exact) mass is 379 g/mol. The van der Waals surface area contributed by atoms with Crippen LogP contribution in [-0.4, -0.2) is 0 Å². The minimum Gasteiger partial charge on any atom is -0.192 e. The van der Waals surface area contributed by atoms with E-state index in [4.69, 9.17) is 5.26 Å². The van der Waals surface area contributed by atoms with Gasteiger partial charge in [0.2, 0.25) is 0 Å². The molecule has 146 valence electrons. The summed E-state index contributed by atoms with van der Waals surface area (Å²) in [4.78, 5) is 0. The van der Waals surface area contributed by atoms with Crippen molar-refractivity contribution in [2.24, 2.45) is 0 Å². The average Bonchev–Trinajstić information content (AvgIpc) is 2.78. The van der Waals surface area contributed by atoms with Crippen molar-refractivity contribution in [1.82, 2.24) is 0 Å². The molecule has 4 rings (SSSR count). The van der Waals surface area contributed by atoms with Crippen LogP contribution in [0, 0.1) is 11.3 Å². The van der Waals surface area contributed by atoms with E-state index in [9.17, 15) is 0 Å². The molecule has 1 aliphatic rings. The van der Waals surface area contributed by atoms with Gasteiger partial charge in [-0.25, -0.2) is 0 Å². The van der Waals surface area contributed by atoms with Crippen molar-refractivity contribution in [3.05, 3.63) is 82.9 Å². The van der Waals surface area contributed by atoms with Crippen LogP contribution < -0.4 is 0 Å². The Balaban J connectivity index is 1.51. The lowest BCUT2D eigenvalue weighted by Gasteiger charge is -2.21. The van der Waals surface area contributed by atoms with Crippen molar-refractivity contribution in [3.8, 4) is 28.3 Å². The Bertz CT molecular complexity index is 1020. The Hall–Kier alpha value is -2.85. The summed E-state index contributed by atoms with van der Waals surface area (Å²) in [6.45, 7) is 2.27. The zero-order chi connectivity index (χ0) is 20.1. The van der Waals surface area contributed by atoms with Gasteiger partial charge in [0, 0.05) is 0 Å². The van der Waals surface area contributed by atoms with Gasteiger partial charge in [-0.2, -0.15) is 5.26 Å². The number of nitriles is 1. The Morgan fingerprint density at radius 2 is 1.38 bits per heavy atom. The van der Waals surface area contributed by atoms with Crippen LogP contribution >= 0.6 is 0 Å². The van der Waals surface area contributed by atoms with Crippen LogP contribution in [-0.2, 0) is 19.3 Å². The molecule has 3 aromatic rings. The van der Waals surface area contributed by atoms with E-state index in [1.807, 2.05) is 24.3 Å². The lowest BCUT2D eigenvalue weighted by molar-refractivity contribution is 0.632. The molecule has 3 aromatic carbocycles. The quantitative estimate of drug-likeness (QED) is 0.390. The summed E-state index contributed by atoms with van der Waals surface area (Å²) in [7, 11) is 0. The number of aryl methyl sites for hydroxylation is 3. The Labute approximate surface area is 175 Å². The lowest BCUT2D eigenvalue weighted by Crippen LogP contribution is -2.05. The van der Waals surface area contributed by atoms with Crippen LogP contribution in [0.4, 0.5) is 0 Å². The maximum atomic E-state index is 9.00. The first-order chi connectivity index (χ1) is 14.3. The highest BCUT2D eigenvalue weighted by molar-refractivity contribution is 5.77. The largest absolute Gasteiger partial charge is 0.192 e. The highest BCUT2D eigenvalue weighted by atomic mass is 14.2. The number of unbranched alkanes of at least 4 members (excludes halogenated alkanes) is 4. The standard InChI is InChI=1S/C28H29N/c1-2-3-4-5-6-7-21-10-16-27-25(18-21)13-14-26-19-24(15-17-28(26)27)23-11-8-22(20-29)9-12-23/h8-12,15-19H,2-7,13-14H2,1H3. The molecule has 0 N–H and O–H groups in total. The first-order valence-corrected chi connectivity index (χ1v) is 11.0. The molecule has 1 nitrogen and oxygen atoms in total. The van der Waals surface area contributed by atoms with Gasteiger partial charge < -0.3 is 0 Å². The minimum atomic E-state index is 0.710. The zero-order valence-corrected chi connectivity index (χ0v) is 17.4. The smallest absolute Gasteiger partial charge is 0.0991 e. The van der Waals surface area contributed by atoms with Crippen LogP contribution in [0.1, 0.15) is 61.3 Å². The topological polar surface area (TPSA) is 23.8 Å². The van der Waals surface area contributed by atoms with E-state index in [-0.39, 0.29) is 0 Å². The second-order valence-corrected chi connectivity index (χ2v) is 8.22. The number of benzene rings is 3. The Morgan fingerprint density at radius 1 is 0.724 bits per heavy atom. The molecule has 0 aromatic heterocycles. The van der Waals surface area contributed by atoms with E-state index in [1.54, 1.807) is 0 Å². The summed E-state index contributed by atoms with van der Waals surface area (Å²) in [6.07, 6.45) is 10.2. The number of rotatable bonds is 7. The Kier molecular flexibility index (Phi) is 6.11. The molecule has 0 unspecified atom stereocenters. The molecule has 0 aliphatic heterocycles. The summed E-state index contributed by atoms with van der Waals surface area (Å²) in [6, 6.07) is 24.0. The third-order valence-corrected chi connectivity index (χ3v) is 6.15. The molecule has 29 heavy (non-hydrogen) atoms. The molecule has 1 heteroatoms. The third kappa shape index (κ3) is 4.43. The van der Waals surface area contributed by atoms with Crippen molar-refractivity contribution in [2.45, 2.75) is 58.3 Å². The van der Waals surface area contributed by atoms with Crippen molar-refractivity contribution in [3.63, 3.8) is 0 Å². The second-order valence-electron chi connectivity index (χ2n) is 8.22. The molecule has 0 bridgehead atoms. The van der Waals surface area contributed by atoms with Gasteiger partial charge in [-0.1, -0.05) is 81.1 Å². The summed E-state index contributed by atoms with van der Waals surface area (Å²) in [5, 5.41) is 9.00. The molecule has 0 radical (unpaired) electrons. The lowest BCUT2D eigenvalue weighted by atomic mass is 9.83. The minimum absolute atomic E-state index is 0.710. The van der Waals surface area contributed by atoms with Crippen molar-refractivity contribution in [2.75, 3.05) is 0 Å². The van der Waals surface area contributed by atoms with E-state index in [1.165, 1.54) is 77.5 Å². The molecule has 0 saturated heterocycles. The van der Waals surface area contributed by atoms with Gasteiger partial charge in [0.1, 0.15) is 0 Å². The maximum absolute atomic E-state index is 9.00. The van der Waals surface area contributed by atoms with Crippen LogP contribution in [0.25, 0.3) is 22.3 Å². The summed E-state index contributed by atoms with van der Waals surface area (Å²) in [5.74, 6) is 0. The first-order valence-electron chi connectivity index (χ1n) is 11.0. The number of fused-ring (bicyclic) bond motifs is 3. The highest BCUT2D eigenvalue weighted by Gasteiger charge is 2.17.